The van der Waals surface area contributed by atoms with Crippen LogP contribution in [-0.2, 0) is 34.4 Å². The van der Waals surface area contributed by atoms with Gasteiger partial charge in [0.2, 0.25) is 26.0 Å². The number of anilines is 1. The molecule has 160 valence electrons. The van der Waals surface area contributed by atoms with Crippen LogP contribution in [0.2, 0.25) is 0 Å². The van der Waals surface area contributed by atoms with E-state index in [1.807, 2.05) is 0 Å². The van der Waals surface area contributed by atoms with Gasteiger partial charge in [0.05, 0.1) is 28.9 Å². The van der Waals surface area contributed by atoms with Crippen molar-refractivity contribution in [1.29, 1.82) is 0 Å². The summed E-state index contributed by atoms with van der Waals surface area (Å²) in [6.07, 6.45) is 0.927. The highest BCUT2D eigenvalue weighted by Crippen LogP contribution is 2.32. The van der Waals surface area contributed by atoms with Crippen LogP contribution in [0.15, 0.2) is 23.1 Å². The van der Waals surface area contributed by atoms with Crippen molar-refractivity contribution in [2.45, 2.75) is 38.0 Å². The molecule has 0 radical (unpaired) electrons. The molecule has 2 saturated heterocycles. The van der Waals surface area contributed by atoms with Crippen LogP contribution in [0, 0.1) is 12.8 Å². The zero-order chi connectivity index (χ0) is 21.4. The Balaban J connectivity index is 1.95. The third kappa shape index (κ3) is 4.17. The van der Waals surface area contributed by atoms with Gasteiger partial charge in [-0.3, -0.25) is 9.59 Å². The van der Waals surface area contributed by atoms with Gasteiger partial charge in [-0.05, 0) is 44.4 Å². The normalized spacial score (nSPS) is 22.6. The number of hydrogen-bond donors (Lipinski definition) is 0. The minimum atomic E-state index is -3.99. The van der Waals surface area contributed by atoms with E-state index in [2.05, 4.69) is 0 Å². The highest BCUT2D eigenvalue weighted by atomic mass is 32.2. The second-order valence-electron chi connectivity index (χ2n) is 7.13. The Labute approximate surface area is 170 Å². The first kappa shape index (κ1) is 21.7. The summed E-state index contributed by atoms with van der Waals surface area (Å²) in [5.41, 5.74) is 0.437. The van der Waals surface area contributed by atoms with Gasteiger partial charge in [0, 0.05) is 19.5 Å². The van der Waals surface area contributed by atoms with E-state index in [0.29, 0.717) is 22.7 Å². The molecule has 0 N–H and O–H groups in total. The number of sulfonamides is 2. The maximum Gasteiger partial charge on any atom is 0.310 e. The smallest absolute Gasteiger partial charge is 0.310 e. The van der Waals surface area contributed by atoms with Gasteiger partial charge in [-0.15, -0.1) is 0 Å². The van der Waals surface area contributed by atoms with E-state index >= 15 is 0 Å². The maximum absolute atomic E-state index is 13.3. The van der Waals surface area contributed by atoms with Crippen LogP contribution in [0.5, 0.6) is 0 Å². The van der Waals surface area contributed by atoms with E-state index in [-0.39, 0.29) is 42.5 Å². The van der Waals surface area contributed by atoms with Gasteiger partial charge in [-0.2, -0.15) is 4.31 Å². The first-order valence-corrected chi connectivity index (χ1v) is 12.5. The van der Waals surface area contributed by atoms with Gasteiger partial charge in [-0.1, -0.05) is 6.07 Å². The molecule has 2 fully saturated rings. The fraction of sp³-hybridized carbons (Fsp3) is 0.556. The number of benzene rings is 1. The summed E-state index contributed by atoms with van der Waals surface area (Å²) in [6, 6.07) is 4.13. The lowest BCUT2D eigenvalue weighted by Crippen LogP contribution is -2.43. The van der Waals surface area contributed by atoms with Gasteiger partial charge in [0.25, 0.3) is 0 Å². The minimum Gasteiger partial charge on any atom is -0.466 e. The van der Waals surface area contributed by atoms with Crippen LogP contribution in [-0.4, -0.2) is 58.5 Å². The summed E-state index contributed by atoms with van der Waals surface area (Å²) < 4.78 is 57.8. The fourth-order valence-corrected chi connectivity index (χ4v) is 6.83. The van der Waals surface area contributed by atoms with Crippen LogP contribution in [0.25, 0.3) is 0 Å². The first-order chi connectivity index (χ1) is 13.6. The molecule has 1 atom stereocenters. The van der Waals surface area contributed by atoms with Crippen molar-refractivity contribution in [3.63, 3.8) is 0 Å². The number of carbonyl (C=O) groups is 2. The van der Waals surface area contributed by atoms with Crippen molar-refractivity contribution in [2.75, 3.05) is 29.8 Å². The predicted octanol–water partition coefficient (Wildman–Crippen LogP) is 1.03. The third-order valence-corrected chi connectivity index (χ3v) is 8.80. The zero-order valence-corrected chi connectivity index (χ0v) is 18.0. The van der Waals surface area contributed by atoms with Crippen molar-refractivity contribution >= 4 is 37.6 Å². The molecule has 29 heavy (non-hydrogen) atoms. The lowest BCUT2D eigenvalue weighted by atomic mass is 10.0. The molecule has 1 aromatic carbocycles. The third-order valence-electron chi connectivity index (χ3n) is 5.11. The number of esters is 1. The Morgan fingerprint density at radius 1 is 1.31 bits per heavy atom. The Hall–Kier alpha value is -1.98. The molecule has 0 unspecified atom stereocenters. The molecular weight excluding hydrogens is 420 g/mol. The lowest BCUT2D eigenvalue weighted by Gasteiger charge is -2.31. The van der Waals surface area contributed by atoms with E-state index in [1.54, 1.807) is 13.8 Å². The average Bonchev–Trinajstić information content (AvgIpc) is 2.95. The molecule has 2 aliphatic heterocycles. The minimum absolute atomic E-state index is 0.00573. The average molecular weight is 445 g/mol. The highest BCUT2D eigenvalue weighted by Gasteiger charge is 2.38. The van der Waals surface area contributed by atoms with Gasteiger partial charge < -0.3 is 4.74 Å². The molecule has 3 rings (SSSR count). The largest absolute Gasteiger partial charge is 0.466 e. The van der Waals surface area contributed by atoms with E-state index in [4.69, 9.17) is 4.74 Å². The number of nitrogens with zero attached hydrogens (tertiary/aromatic N) is 2. The quantitative estimate of drug-likeness (QED) is 0.622. The summed E-state index contributed by atoms with van der Waals surface area (Å²) in [5.74, 6) is -1.85. The van der Waals surface area contributed by atoms with E-state index in [1.165, 1.54) is 22.5 Å². The van der Waals surface area contributed by atoms with Crippen molar-refractivity contribution < 1.29 is 31.2 Å². The molecule has 9 nitrogen and oxygen atoms in total. The van der Waals surface area contributed by atoms with E-state index in [0.717, 1.165) is 0 Å². The summed E-state index contributed by atoms with van der Waals surface area (Å²) in [5, 5.41) is 0. The van der Waals surface area contributed by atoms with Crippen LogP contribution in [0.3, 0.4) is 0 Å². The van der Waals surface area contributed by atoms with Crippen LogP contribution in [0.4, 0.5) is 5.69 Å². The van der Waals surface area contributed by atoms with Crippen LogP contribution in [0.1, 0.15) is 31.7 Å². The second-order valence-corrected chi connectivity index (χ2v) is 11.0. The Bertz CT molecular complexity index is 1030. The molecule has 0 bridgehead atoms. The Morgan fingerprint density at radius 2 is 2.03 bits per heavy atom. The van der Waals surface area contributed by atoms with Crippen LogP contribution >= 0.6 is 0 Å². The van der Waals surface area contributed by atoms with Gasteiger partial charge in [0.15, 0.2) is 0 Å². The fourth-order valence-electron chi connectivity index (χ4n) is 3.61. The molecule has 0 aliphatic carbocycles. The van der Waals surface area contributed by atoms with Crippen molar-refractivity contribution in [2.24, 2.45) is 5.92 Å². The monoisotopic (exact) mass is 444 g/mol. The lowest BCUT2D eigenvalue weighted by molar-refractivity contribution is -0.149. The molecule has 1 aromatic rings. The zero-order valence-electron chi connectivity index (χ0n) is 16.3. The standard InChI is InChI=1S/C18H24N2O7S2/c1-3-27-18(22)14-5-4-9-19(12-14)29(25,26)16-11-15(7-6-13(16)2)20-17(21)8-10-28(20,23)24/h6-7,11,14H,3-5,8-10,12H2,1-2H3/t14-/m0/s1. The summed E-state index contributed by atoms with van der Waals surface area (Å²) in [4.78, 5) is 24.0. The van der Waals surface area contributed by atoms with Gasteiger partial charge in [-0.25, -0.2) is 21.1 Å². The topological polar surface area (TPSA) is 118 Å². The molecule has 2 aliphatic rings. The molecular formula is C18H24N2O7S2. The predicted molar refractivity (Wildman–Crippen MR) is 105 cm³/mol. The number of rotatable bonds is 5. The number of amides is 1. The van der Waals surface area contributed by atoms with Crippen molar-refractivity contribution in [3.8, 4) is 0 Å². The maximum atomic E-state index is 13.3. The number of ether oxygens (including phenoxy) is 1. The number of hydrogen-bond acceptors (Lipinski definition) is 7. The summed E-state index contributed by atoms with van der Waals surface area (Å²) in [6.45, 7) is 3.78. The van der Waals surface area contributed by atoms with Crippen LogP contribution < -0.4 is 4.31 Å². The molecule has 0 spiro atoms. The molecule has 0 saturated carbocycles. The molecule has 1 amide bonds. The van der Waals surface area contributed by atoms with Gasteiger partial charge in [0.1, 0.15) is 0 Å². The molecule has 2 heterocycles. The number of piperidine rings is 1. The first-order valence-electron chi connectivity index (χ1n) is 9.41. The molecule has 11 heteroatoms. The summed E-state index contributed by atoms with van der Waals surface area (Å²) >= 11 is 0. The Kier molecular flexibility index (Phi) is 6.02. The van der Waals surface area contributed by atoms with Crippen molar-refractivity contribution in [1.82, 2.24) is 4.31 Å². The Morgan fingerprint density at radius 3 is 2.66 bits per heavy atom. The van der Waals surface area contributed by atoms with E-state index < -0.39 is 37.8 Å². The highest BCUT2D eigenvalue weighted by molar-refractivity contribution is 7.94. The van der Waals surface area contributed by atoms with E-state index in [9.17, 15) is 26.4 Å². The number of aryl methyl sites for hydroxylation is 1. The van der Waals surface area contributed by atoms with Gasteiger partial charge >= 0.3 is 5.97 Å². The second kappa shape index (κ2) is 8.04. The molecule has 0 aromatic heterocycles. The SMILES string of the molecule is CCOC(=O)[C@H]1CCCN(S(=O)(=O)c2cc(N3C(=O)CCS3(=O)=O)ccc2C)C1. The van der Waals surface area contributed by atoms with Crippen molar-refractivity contribution in [3.05, 3.63) is 23.8 Å². The number of carbonyl (C=O) groups excluding carboxylic acids is 2. The summed E-state index contributed by atoms with van der Waals surface area (Å²) in [7, 11) is -7.79.